The number of aryl methyl sites for hydroxylation is 1. The van der Waals surface area contributed by atoms with Gasteiger partial charge in [0.2, 0.25) is 0 Å². The third kappa shape index (κ3) is 4.03. The Balaban J connectivity index is 1.71. The topological polar surface area (TPSA) is 135 Å². The van der Waals surface area contributed by atoms with E-state index in [2.05, 4.69) is 10.4 Å². The summed E-state index contributed by atoms with van der Waals surface area (Å²) in [5.74, 6) is -0.913. The van der Waals surface area contributed by atoms with Crippen LogP contribution >= 0.6 is 0 Å². The number of carbonyl (C=O) groups is 2. The maximum Gasteiger partial charge on any atom is 0.342 e. The number of fused-ring (bicyclic) bond motifs is 1. The molecule has 1 aliphatic heterocycles. The van der Waals surface area contributed by atoms with Gasteiger partial charge in [0.1, 0.15) is 11.3 Å². The molecular formula is C17H18N4O7. The molecule has 0 radical (unpaired) electrons. The SMILES string of the molecule is Cc1c(C(=O)OCC(=O)Nc2cc3c(cc2[N+](=O)[O-])OCCCO3)cnn1C. The predicted octanol–water partition coefficient (Wildman–Crippen LogP) is 1.59. The first-order valence-corrected chi connectivity index (χ1v) is 8.40. The minimum atomic E-state index is -0.729. The molecule has 11 heteroatoms. The maximum absolute atomic E-state index is 12.1. The molecule has 0 saturated carbocycles. The van der Waals surface area contributed by atoms with E-state index in [1.165, 1.54) is 23.0 Å². The zero-order valence-corrected chi connectivity index (χ0v) is 15.3. The minimum Gasteiger partial charge on any atom is -0.489 e. The van der Waals surface area contributed by atoms with Gasteiger partial charge in [0, 0.05) is 25.2 Å². The Hall–Kier alpha value is -3.63. The summed E-state index contributed by atoms with van der Waals surface area (Å²) in [5, 5.41) is 17.6. The molecular weight excluding hydrogens is 372 g/mol. The lowest BCUT2D eigenvalue weighted by Crippen LogP contribution is -2.21. The maximum atomic E-state index is 12.1. The fourth-order valence-electron chi connectivity index (χ4n) is 2.54. The highest BCUT2D eigenvalue weighted by Gasteiger charge is 2.23. The van der Waals surface area contributed by atoms with E-state index in [4.69, 9.17) is 14.2 Å². The Kier molecular flexibility index (Phi) is 5.43. The molecule has 0 bridgehead atoms. The summed E-state index contributed by atoms with van der Waals surface area (Å²) in [7, 11) is 1.67. The second kappa shape index (κ2) is 7.94. The van der Waals surface area contributed by atoms with E-state index in [9.17, 15) is 19.7 Å². The second-order valence-corrected chi connectivity index (χ2v) is 6.02. The normalized spacial score (nSPS) is 12.8. The molecule has 0 spiro atoms. The quantitative estimate of drug-likeness (QED) is 0.462. The van der Waals surface area contributed by atoms with Crippen LogP contribution in [-0.4, -0.2) is 46.4 Å². The van der Waals surface area contributed by atoms with Crippen LogP contribution in [0.3, 0.4) is 0 Å². The van der Waals surface area contributed by atoms with Gasteiger partial charge in [-0.1, -0.05) is 0 Å². The van der Waals surface area contributed by atoms with Crippen LogP contribution < -0.4 is 14.8 Å². The van der Waals surface area contributed by atoms with Gasteiger partial charge in [-0.25, -0.2) is 4.79 Å². The van der Waals surface area contributed by atoms with Crippen molar-refractivity contribution in [2.75, 3.05) is 25.1 Å². The minimum absolute atomic E-state index is 0.0761. The number of aromatic nitrogens is 2. The largest absolute Gasteiger partial charge is 0.489 e. The molecule has 0 fully saturated rings. The molecule has 148 valence electrons. The first-order valence-electron chi connectivity index (χ1n) is 8.40. The van der Waals surface area contributed by atoms with Gasteiger partial charge >= 0.3 is 5.97 Å². The van der Waals surface area contributed by atoms with Crippen LogP contribution in [0.2, 0.25) is 0 Å². The Morgan fingerprint density at radius 1 is 1.32 bits per heavy atom. The number of nitrogens with one attached hydrogen (secondary N) is 1. The van der Waals surface area contributed by atoms with Crippen molar-refractivity contribution in [3.05, 3.63) is 39.7 Å². The number of nitro benzene ring substituents is 1. The van der Waals surface area contributed by atoms with Gasteiger partial charge in [-0.3, -0.25) is 19.6 Å². The molecule has 11 nitrogen and oxygen atoms in total. The van der Waals surface area contributed by atoms with Gasteiger partial charge in [0.05, 0.1) is 30.4 Å². The summed E-state index contributed by atoms with van der Waals surface area (Å²) in [6, 6.07) is 2.52. The van der Waals surface area contributed by atoms with Crippen molar-refractivity contribution < 1.29 is 28.7 Å². The van der Waals surface area contributed by atoms with E-state index in [0.29, 0.717) is 31.1 Å². The summed E-state index contributed by atoms with van der Waals surface area (Å²) in [5.41, 5.74) is 0.390. The summed E-state index contributed by atoms with van der Waals surface area (Å²) < 4.78 is 17.4. The Morgan fingerprint density at radius 2 is 2.00 bits per heavy atom. The van der Waals surface area contributed by atoms with Crippen molar-refractivity contribution in [3.8, 4) is 11.5 Å². The molecule has 2 heterocycles. The molecule has 28 heavy (non-hydrogen) atoms. The molecule has 1 amide bonds. The molecule has 1 aromatic heterocycles. The molecule has 1 N–H and O–H groups in total. The van der Waals surface area contributed by atoms with E-state index in [0.717, 1.165) is 0 Å². The van der Waals surface area contributed by atoms with E-state index in [1.54, 1.807) is 14.0 Å². The van der Waals surface area contributed by atoms with Gasteiger partial charge in [-0.05, 0) is 6.92 Å². The average Bonchev–Trinajstić information content (AvgIpc) is 2.85. The summed E-state index contributed by atoms with van der Waals surface area (Å²) >= 11 is 0. The molecule has 0 atom stereocenters. The Morgan fingerprint density at radius 3 is 2.61 bits per heavy atom. The van der Waals surface area contributed by atoms with Crippen molar-refractivity contribution in [2.24, 2.45) is 7.05 Å². The number of hydrogen-bond donors (Lipinski definition) is 1. The molecule has 2 aromatic rings. The third-order valence-corrected chi connectivity index (χ3v) is 4.13. The molecule has 0 saturated heterocycles. The summed E-state index contributed by atoms with van der Waals surface area (Å²) in [6.07, 6.45) is 1.97. The molecule has 1 aromatic carbocycles. The van der Waals surface area contributed by atoms with E-state index in [-0.39, 0.29) is 22.7 Å². The van der Waals surface area contributed by atoms with Crippen molar-refractivity contribution in [1.29, 1.82) is 0 Å². The van der Waals surface area contributed by atoms with Crippen LogP contribution in [0.5, 0.6) is 11.5 Å². The van der Waals surface area contributed by atoms with Crippen molar-refractivity contribution in [1.82, 2.24) is 9.78 Å². The fraction of sp³-hybridized carbons (Fsp3) is 0.353. The number of esters is 1. The number of rotatable bonds is 5. The van der Waals surface area contributed by atoms with Crippen molar-refractivity contribution in [2.45, 2.75) is 13.3 Å². The second-order valence-electron chi connectivity index (χ2n) is 6.02. The molecule has 1 aliphatic rings. The number of amides is 1. The van der Waals surface area contributed by atoms with E-state index in [1.807, 2.05) is 0 Å². The van der Waals surface area contributed by atoms with Crippen LogP contribution in [0.15, 0.2) is 18.3 Å². The first kappa shape index (κ1) is 19.1. The number of hydrogen-bond acceptors (Lipinski definition) is 8. The monoisotopic (exact) mass is 390 g/mol. The van der Waals surface area contributed by atoms with Gasteiger partial charge in [0.25, 0.3) is 11.6 Å². The van der Waals surface area contributed by atoms with Crippen LogP contribution in [0.1, 0.15) is 22.5 Å². The van der Waals surface area contributed by atoms with Crippen LogP contribution in [0.4, 0.5) is 11.4 Å². The fourth-order valence-corrected chi connectivity index (χ4v) is 2.54. The Labute approximate surface area is 159 Å². The summed E-state index contributed by atoms with van der Waals surface area (Å²) in [4.78, 5) is 34.9. The molecule has 3 rings (SSSR count). The average molecular weight is 390 g/mol. The lowest BCUT2D eigenvalue weighted by molar-refractivity contribution is -0.384. The zero-order chi connectivity index (χ0) is 20.3. The standard InChI is InChI=1S/C17H18N4O7/c1-10-11(8-18-20(10)2)17(23)28-9-16(22)19-12-6-14-15(7-13(12)21(24)25)27-5-3-4-26-14/h6-8H,3-5,9H2,1-2H3,(H,19,22). The highest BCUT2D eigenvalue weighted by atomic mass is 16.6. The number of nitrogens with zero attached hydrogens (tertiary/aromatic N) is 3. The van der Waals surface area contributed by atoms with Crippen molar-refractivity contribution >= 4 is 23.3 Å². The Bertz CT molecular complexity index is 938. The number of nitro groups is 1. The predicted molar refractivity (Wildman–Crippen MR) is 95.6 cm³/mol. The van der Waals surface area contributed by atoms with Crippen LogP contribution in [0, 0.1) is 17.0 Å². The molecule has 0 unspecified atom stereocenters. The van der Waals surface area contributed by atoms with Gasteiger partial charge in [0.15, 0.2) is 18.1 Å². The highest BCUT2D eigenvalue weighted by Crippen LogP contribution is 2.39. The number of carbonyl (C=O) groups excluding carboxylic acids is 2. The van der Waals surface area contributed by atoms with Crippen LogP contribution in [-0.2, 0) is 16.6 Å². The third-order valence-electron chi connectivity index (χ3n) is 4.13. The zero-order valence-electron chi connectivity index (χ0n) is 15.3. The van der Waals surface area contributed by atoms with Gasteiger partial charge in [-0.15, -0.1) is 0 Å². The van der Waals surface area contributed by atoms with E-state index < -0.39 is 23.4 Å². The van der Waals surface area contributed by atoms with Crippen molar-refractivity contribution in [3.63, 3.8) is 0 Å². The van der Waals surface area contributed by atoms with Gasteiger partial charge in [-0.2, -0.15) is 5.10 Å². The summed E-state index contributed by atoms with van der Waals surface area (Å²) in [6.45, 7) is 1.84. The highest BCUT2D eigenvalue weighted by molar-refractivity contribution is 5.97. The molecule has 0 aliphatic carbocycles. The number of ether oxygens (including phenoxy) is 3. The number of anilines is 1. The van der Waals surface area contributed by atoms with Gasteiger partial charge < -0.3 is 19.5 Å². The lowest BCUT2D eigenvalue weighted by atomic mass is 10.2. The lowest BCUT2D eigenvalue weighted by Gasteiger charge is -2.11. The first-order chi connectivity index (χ1) is 13.4. The number of benzene rings is 1. The smallest absolute Gasteiger partial charge is 0.342 e. The van der Waals surface area contributed by atoms with E-state index >= 15 is 0 Å². The van der Waals surface area contributed by atoms with Crippen LogP contribution in [0.25, 0.3) is 0 Å².